The third kappa shape index (κ3) is 5.46. The molecule has 2 bridgehead atoms. The smallest absolute Gasteiger partial charge is 0.206 e. The maximum Gasteiger partial charge on any atom is 0.206 e. The van der Waals surface area contributed by atoms with Crippen LogP contribution in [0.3, 0.4) is 0 Å². The van der Waals surface area contributed by atoms with Crippen LogP contribution in [0.2, 0.25) is 0 Å². The number of furan rings is 2. The highest BCUT2D eigenvalue weighted by molar-refractivity contribution is 7.18. The van der Waals surface area contributed by atoms with Crippen LogP contribution < -0.4 is 0 Å². The highest BCUT2D eigenvalue weighted by Gasteiger charge is 2.45. The molecule has 8 aromatic carbocycles. The summed E-state index contributed by atoms with van der Waals surface area (Å²) in [7, 11) is 0. The first-order valence-corrected chi connectivity index (χ1v) is 22.4. The van der Waals surface area contributed by atoms with Gasteiger partial charge in [0.25, 0.3) is 0 Å². The Morgan fingerprint density at radius 3 is 1.38 bits per heavy atom. The van der Waals surface area contributed by atoms with Gasteiger partial charge in [-0.15, -0.1) is 11.3 Å². The van der Waals surface area contributed by atoms with E-state index in [0.29, 0.717) is 0 Å². The van der Waals surface area contributed by atoms with E-state index < -0.39 is 0 Å². The number of ketones is 2. The average Bonchev–Trinajstić information content (AvgIpc) is 4.09. The number of thiophene rings is 1. The van der Waals surface area contributed by atoms with Crippen LogP contribution >= 0.6 is 11.3 Å². The zero-order valence-corrected chi connectivity index (χ0v) is 34.7. The summed E-state index contributed by atoms with van der Waals surface area (Å²) in [4.78, 5) is 27.9. The maximum absolute atomic E-state index is 12.9. The van der Waals surface area contributed by atoms with E-state index in [1.165, 1.54) is 0 Å². The minimum absolute atomic E-state index is 0.216. The molecule has 3 heterocycles. The van der Waals surface area contributed by atoms with Gasteiger partial charge in [0.05, 0.1) is 11.8 Å². The summed E-state index contributed by atoms with van der Waals surface area (Å²) in [6.07, 6.45) is 1.51. The Balaban J connectivity index is 1.08. The second-order valence-electron chi connectivity index (χ2n) is 16.8. The van der Waals surface area contributed by atoms with Crippen LogP contribution in [-0.2, 0) is 9.59 Å². The molecule has 4 nitrogen and oxygen atoms in total. The van der Waals surface area contributed by atoms with E-state index in [1.807, 2.05) is 12.1 Å². The topological polar surface area (TPSA) is 60.4 Å². The molecule has 2 atom stereocenters. The van der Waals surface area contributed by atoms with Crippen molar-refractivity contribution in [3.63, 3.8) is 0 Å². The molecule has 3 aliphatic rings. The normalized spacial score (nSPS) is 15.9. The van der Waals surface area contributed by atoms with E-state index in [0.717, 1.165) is 133 Å². The fourth-order valence-electron chi connectivity index (χ4n) is 10.6. The number of hydrogen-bond acceptors (Lipinski definition) is 5. The van der Waals surface area contributed by atoms with Gasteiger partial charge in [0.1, 0.15) is 22.7 Å². The largest absolute Gasteiger partial charge is 0.455 e. The van der Waals surface area contributed by atoms with Gasteiger partial charge in [0.2, 0.25) is 11.6 Å². The van der Waals surface area contributed by atoms with Gasteiger partial charge >= 0.3 is 0 Å². The van der Waals surface area contributed by atoms with Gasteiger partial charge in [-0.2, -0.15) is 0 Å². The molecule has 3 aromatic heterocycles. The Morgan fingerprint density at radius 1 is 0.365 bits per heavy atom. The molecule has 0 saturated heterocycles. The van der Waals surface area contributed by atoms with Crippen molar-refractivity contribution in [1.82, 2.24) is 0 Å². The van der Waals surface area contributed by atoms with E-state index in [2.05, 4.69) is 170 Å². The molecular formula is C58H36O4S. The van der Waals surface area contributed by atoms with Crippen molar-refractivity contribution < 1.29 is 18.4 Å². The first-order valence-electron chi connectivity index (χ1n) is 21.5. The maximum atomic E-state index is 12.9. The molecule has 0 radical (unpaired) electrons. The predicted octanol–water partition coefficient (Wildman–Crippen LogP) is 15.7. The van der Waals surface area contributed by atoms with Crippen LogP contribution in [0.25, 0.3) is 109 Å². The Labute approximate surface area is 366 Å². The Bertz CT molecular complexity index is 3680. The summed E-state index contributed by atoms with van der Waals surface area (Å²) in [5, 5.41) is 6.38. The molecule has 2 unspecified atom stereocenters. The fourth-order valence-corrected chi connectivity index (χ4v) is 11.6. The number of carbonyl (C=O) groups is 2. The quantitative estimate of drug-likeness (QED) is 0.124. The van der Waals surface area contributed by atoms with Crippen molar-refractivity contribution >= 4 is 66.4 Å². The molecule has 298 valence electrons. The van der Waals surface area contributed by atoms with Crippen LogP contribution in [0.4, 0.5) is 0 Å². The summed E-state index contributed by atoms with van der Waals surface area (Å²) in [5.41, 5.74) is 12.3. The molecule has 11 aromatic rings. The summed E-state index contributed by atoms with van der Waals surface area (Å²) < 4.78 is 14.1. The number of rotatable bonds is 6. The van der Waals surface area contributed by atoms with E-state index in [4.69, 9.17) is 8.83 Å². The van der Waals surface area contributed by atoms with Crippen LogP contribution in [0.5, 0.6) is 0 Å². The van der Waals surface area contributed by atoms with Gasteiger partial charge in [0.15, 0.2) is 0 Å². The van der Waals surface area contributed by atoms with E-state index >= 15 is 0 Å². The number of para-hydroxylation sites is 2. The van der Waals surface area contributed by atoms with Gasteiger partial charge < -0.3 is 8.83 Å². The molecule has 0 spiro atoms. The molecule has 0 amide bonds. The lowest BCUT2D eigenvalue weighted by atomic mass is 9.65. The first kappa shape index (κ1) is 36.1. The Hall–Kier alpha value is -7.60. The van der Waals surface area contributed by atoms with E-state index in [9.17, 15) is 9.59 Å². The fraction of sp³-hybridized carbons (Fsp3) is 0.0690. The standard InChI is InChI=1S/C58H36O4S/c59-55-41-27-28-42(56(55)60)45-31-35(23-25-37(41)45)49-29-30-50(63-49)36-24-26-40-46(32-36)54(58-52(34-15-5-2-6-16-34)44-20-10-12-22-48(44)62-58)39-18-8-7-17-38(39)53(40)57-51(33-13-3-1-4-14-33)43-19-9-11-21-47(43)61-57/h1-26,29-32,41-42H,27-28H2. The summed E-state index contributed by atoms with van der Waals surface area (Å²) in [6, 6.07) is 64.0. The van der Waals surface area contributed by atoms with E-state index in [-0.39, 0.29) is 23.4 Å². The molecule has 0 N–H and O–H groups in total. The molecule has 1 fully saturated rings. The second-order valence-corrected chi connectivity index (χ2v) is 17.9. The average molecular weight is 829 g/mol. The van der Waals surface area contributed by atoms with Crippen molar-refractivity contribution in [2.45, 2.75) is 24.7 Å². The monoisotopic (exact) mass is 828 g/mol. The van der Waals surface area contributed by atoms with Crippen LogP contribution in [0.1, 0.15) is 35.8 Å². The van der Waals surface area contributed by atoms with Gasteiger partial charge in [-0.05, 0) is 104 Å². The lowest BCUT2D eigenvalue weighted by molar-refractivity contribution is -0.141. The van der Waals surface area contributed by atoms with E-state index in [1.54, 1.807) is 11.3 Å². The number of Topliss-reactive ketones (excluding diaryl/α,β-unsaturated/α-hetero) is 2. The minimum Gasteiger partial charge on any atom is -0.455 e. The first-order chi connectivity index (χ1) is 31.1. The Kier molecular flexibility index (Phi) is 8.00. The van der Waals surface area contributed by atoms with Crippen LogP contribution in [0.15, 0.2) is 191 Å². The van der Waals surface area contributed by atoms with Crippen molar-refractivity contribution in [2.24, 2.45) is 0 Å². The lowest BCUT2D eigenvalue weighted by Crippen LogP contribution is -2.38. The van der Waals surface area contributed by atoms with Gasteiger partial charge in [-0.1, -0.05) is 146 Å². The third-order valence-corrected chi connectivity index (χ3v) is 14.6. The molecule has 3 aliphatic carbocycles. The number of carbonyl (C=O) groups excluding carboxylic acids is 2. The Morgan fingerprint density at radius 2 is 0.810 bits per heavy atom. The molecule has 63 heavy (non-hydrogen) atoms. The SMILES string of the molecule is O=C1C(=O)C2CCC1c1ccc(-c3ccc(-c4ccc5c(-c6oc7ccccc7c6-c6ccccc6)c6ccccc6c(-c6oc7ccccc7c6-c6ccccc6)c5c4)s3)cc12. The summed E-state index contributed by atoms with van der Waals surface area (Å²) in [6.45, 7) is 0. The molecule has 0 aliphatic heterocycles. The van der Waals surface area contributed by atoms with Crippen LogP contribution in [0, 0.1) is 0 Å². The van der Waals surface area contributed by atoms with Crippen molar-refractivity contribution in [2.75, 3.05) is 0 Å². The zero-order valence-electron chi connectivity index (χ0n) is 33.9. The highest BCUT2D eigenvalue weighted by Crippen LogP contribution is 2.53. The third-order valence-electron chi connectivity index (χ3n) is 13.4. The number of hydrogen-bond donors (Lipinski definition) is 0. The van der Waals surface area contributed by atoms with Crippen molar-refractivity contribution in [3.05, 3.63) is 193 Å². The number of fused-ring (bicyclic) bond motifs is 6. The second kappa shape index (κ2) is 14.0. The number of benzene rings is 8. The van der Waals surface area contributed by atoms with Gasteiger partial charge in [0, 0.05) is 42.8 Å². The predicted molar refractivity (Wildman–Crippen MR) is 256 cm³/mol. The molecule has 14 rings (SSSR count). The molecular weight excluding hydrogens is 793 g/mol. The van der Waals surface area contributed by atoms with Crippen LogP contribution in [-0.4, -0.2) is 11.6 Å². The summed E-state index contributed by atoms with van der Waals surface area (Å²) in [5.74, 6) is 0.592. The lowest BCUT2D eigenvalue weighted by Gasteiger charge is -2.35. The van der Waals surface area contributed by atoms with Gasteiger partial charge in [-0.25, -0.2) is 0 Å². The zero-order chi connectivity index (χ0) is 41.8. The minimum atomic E-state index is -0.326. The van der Waals surface area contributed by atoms with Crippen molar-refractivity contribution in [3.8, 4) is 65.8 Å². The van der Waals surface area contributed by atoms with Crippen molar-refractivity contribution in [1.29, 1.82) is 0 Å². The molecule has 1 saturated carbocycles. The van der Waals surface area contributed by atoms with Gasteiger partial charge in [-0.3, -0.25) is 9.59 Å². The summed E-state index contributed by atoms with van der Waals surface area (Å²) >= 11 is 1.74. The highest BCUT2D eigenvalue weighted by atomic mass is 32.1. The molecule has 5 heteroatoms.